The molecule has 0 bridgehead atoms. The lowest BCUT2D eigenvalue weighted by molar-refractivity contribution is -0.190. The number of halogens is 6. The average molecular weight is 437 g/mol. The number of aliphatic imine (C=N–C) groups is 1. The summed E-state index contributed by atoms with van der Waals surface area (Å²) in [5.74, 6) is -3.57. The van der Waals surface area contributed by atoms with Crippen LogP contribution >= 0.6 is 34.8 Å². The zero-order valence-electron chi connectivity index (χ0n) is 13.3. The van der Waals surface area contributed by atoms with Crippen molar-refractivity contribution < 1.29 is 23.1 Å². The maximum absolute atomic E-state index is 14.3. The molecule has 3 nitrogen and oxygen atoms in total. The van der Waals surface area contributed by atoms with Gasteiger partial charge in [-0.1, -0.05) is 65.1 Å². The molecule has 2 aromatic rings. The second-order valence-electron chi connectivity index (χ2n) is 6.07. The summed E-state index contributed by atoms with van der Waals surface area (Å²) in [6.07, 6.45) is -4.33. The van der Waals surface area contributed by atoms with Crippen LogP contribution in [0.3, 0.4) is 0 Å². The molecular formula is C18H11Cl3F3NO2. The van der Waals surface area contributed by atoms with Crippen LogP contribution in [-0.4, -0.2) is 23.5 Å². The van der Waals surface area contributed by atoms with Gasteiger partial charge in [0.1, 0.15) is 11.3 Å². The Balaban J connectivity index is 2.26. The Morgan fingerprint density at radius 1 is 1.07 bits per heavy atom. The van der Waals surface area contributed by atoms with E-state index in [-0.39, 0.29) is 15.1 Å². The van der Waals surface area contributed by atoms with Crippen molar-refractivity contribution in [3.8, 4) is 0 Å². The van der Waals surface area contributed by atoms with Crippen molar-refractivity contribution in [3.05, 3.63) is 68.7 Å². The van der Waals surface area contributed by atoms with Gasteiger partial charge in [0, 0.05) is 6.21 Å². The highest BCUT2D eigenvalue weighted by Crippen LogP contribution is 2.55. The first-order valence-corrected chi connectivity index (χ1v) is 8.77. The topological polar surface area (TPSA) is 49.7 Å². The Morgan fingerprint density at radius 2 is 1.63 bits per heavy atom. The molecule has 0 spiro atoms. The first kappa shape index (κ1) is 20.0. The highest BCUT2D eigenvalue weighted by Gasteiger charge is 2.66. The van der Waals surface area contributed by atoms with Crippen molar-refractivity contribution in [2.45, 2.75) is 17.6 Å². The van der Waals surface area contributed by atoms with Crippen molar-refractivity contribution in [3.63, 3.8) is 0 Å². The van der Waals surface area contributed by atoms with Crippen LogP contribution in [0.2, 0.25) is 15.1 Å². The fourth-order valence-electron chi connectivity index (χ4n) is 3.33. The number of aliphatic carboxylic acids is 1. The Hall–Kier alpha value is -1.76. The molecule has 142 valence electrons. The number of hydrogen-bond acceptors (Lipinski definition) is 2. The van der Waals surface area contributed by atoms with Gasteiger partial charge in [0.05, 0.1) is 21.1 Å². The van der Waals surface area contributed by atoms with E-state index in [1.54, 1.807) is 18.2 Å². The maximum Gasteiger partial charge on any atom is 0.404 e. The van der Waals surface area contributed by atoms with Gasteiger partial charge in [-0.3, -0.25) is 9.79 Å². The average Bonchev–Trinajstić information content (AvgIpc) is 3.02. The quantitative estimate of drug-likeness (QED) is 0.602. The summed E-state index contributed by atoms with van der Waals surface area (Å²) < 4.78 is 42.9. The lowest BCUT2D eigenvalue weighted by atomic mass is 9.68. The van der Waals surface area contributed by atoms with E-state index in [2.05, 4.69) is 4.99 Å². The largest absolute Gasteiger partial charge is 0.481 e. The van der Waals surface area contributed by atoms with Crippen molar-refractivity contribution in [2.75, 3.05) is 0 Å². The first-order valence-electron chi connectivity index (χ1n) is 7.63. The lowest BCUT2D eigenvalue weighted by Crippen LogP contribution is -2.51. The van der Waals surface area contributed by atoms with Crippen LogP contribution in [0.15, 0.2) is 47.5 Å². The lowest BCUT2D eigenvalue weighted by Gasteiger charge is -2.35. The third-order valence-electron chi connectivity index (χ3n) is 4.58. The molecule has 3 unspecified atom stereocenters. The van der Waals surface area contributed by atoms with Crippen LogP contribution in [0.5, 0.6) is 0 Å². The van der Waals surface area contributed by atoms with Gasteiger partial charge in [0.2, 0.25) is 0 Å². The molecular weight excluding hydrogens is 426 g/mol. The maximum atomic E-state index is 14.3. The molecule has 1 aliphatic rings. The molecule has 0 aromatic heterocycles. The van der Waals surface area contributed by atoms with E-state index in [4.69, 9.17) is 34.8 Å². The predicted octanol–water partition coefficient (Wildman–Crippen LogP) is 5.97. The summed E-state index contributed by atoms with van der Waals surface area (Å²) in [7, 11) is 0. The molecule has 3 rings (SSSR count). The smallest absolute Gasteiger partial charge is 0.404 e. The van der Waals surface area contributed by atoms with E-state index in [0.29, 0.717) is 11.8 Å². The standard InChI is InChI=1S/C18H11Cl3F3NO2/c19-11-6-10(7-12(20)14(11)21)17(18(22,23)24)8-25-15(13(17)16(26)27)9-4-2-1-3-5-9/h1-8,13,15H,(H,26,27). The summed E-state index contributed by atoms with van der Waals surface area (Å²) in [5, 5.41) is 9.21. The molecule has 1 N–H and O–H groups in total. The van der Waals surface area contributed by atoms with Gasteiger partial charge >= 0.3 is 12.1 Å². The molecule has 0 radical (unpaired) electrons. The van der Waals surface area contributed by atoms with E-state index < -0.39 is 35.1 Å². The number of carboxylic acid groups (broad SMARTS) is 1. The van der Waals surface area contributed by atoms with Crippen LogP contribution in [0.25, 0.3) is 0 Å². The van der Waals surface area contributed by atoms with Crippen LogP contribution in [0, 0.1) is 5.92 Å². The molecule has 0 aliphatic carbocycles. The van der Waals surface area contributed by atoms with Crippen molar-refractivity contribution in [1.29, 1.82) is 0 Å². The van der Waals surface area contributed by atoms with Gasteiger partial charge in [0.25, 0.3) is 0 Å². The number of carbonyl (C=O) groups is 1. The molecule has 1 heterocycles. The Morgan fingerprint density at radius 3 is 2.11 bits per heavy atom. The van der Waals surface area contributed by atoms with E-state index in [1.807, 2.05) is 0 Å². The van der Waals surface area contributed by atoms with Gasteiger partial charge in [-0.15, -0.1) is 0 Å². The van der Waals surface area contributed by atoms with Crippen LogP contribution in [0.1, 0.15) is 17.2 Å². The minimum Gasteiger partial charge on any atom is -0.481 e. The SMILES string of the molecule is O=C(O)C1C(c2ccccc2)N=CC1(c1cc(Cl)c(Cl)c(Cl)c1)C(F)(F)F. The summed E-state index contributed by atoms with van der Waals surface area (Å²) >= 11 is 17.7. The molecule has 9 heteroatoms. The van der Waals surface area contributed by atoms with Gasteiger partial charge in [-0.25, -0.2) is 0 Å². The summed E-state index contributed by atoms with van der Waals surface area (Å²) in [6.45, 7) is 0. The summed E-state index contributed by atoms with van der Waals surface area (Å²) in [4.78, 5) is 15.9. The molecule has 0 fully saturated rings. The predicted molar refractivity (Wildman–Crippen MR) is 98.0 cm³/mol. The van der Waals surface area contributed by atoms with E-state index in [9.17, 15) is 23.1 Å². The Kier molecular flexibility index (Phi) is 5.18. The zero-order chi connectivity index (χ0) is 20.0. The number of alkyl halides is 3. The highest BCUT2D eigenvalue weighted by molar-refractivity contribution is 6.48. The van der Waals surface area contributed by atoms with Crippen molar-refractivity contribution in [2.24, 2.45) is 10.9 Å². The molecule has 0 amide bonds. The fraction of sp³-hybridized carbons (Fsp3) is 0.222. The number of nitrogens with zero attached hydrogens (tertiary/aromatic N) is 1. The third-order valence-corrected chi connectivity index (χ3v) is 5.78. The second-order valence-corrected chi connectivity index (χ2v) is 7.26. The van der Waals surface area contributed by atoms with Crippen LogP contribution in [0.4, 0.5) is 13.2 Å². The number of carboxylic acids is 1. The number of rotatable bonds is 3. The van der Waals surface area contributed by atoms with Crippen LogP contribution < -0.4 is 0 Å². The molecule has 2 aromatic carbocycles. The van der Waals surface area contributed by atoms with E-state index in [0.717, 1.165) is 12.1 Å². The highest BCUT2D eigenvalue weighted by atomic mass is 35.5. The second kappa shape index (κ2) is 7.00. The van der Waals surface area contributed by atoms with Crippen LogP contribution in [-0.2, 0) is 10.2 Å². The van der Waals surface area contributed by atoms with E-state index >= 15 is 0 Å². The van der Waals surface area contributed by atoms with E-state index in [1.165, 1.54) is 12.1 Å². The molecule has 1 aliphatic heterocycles. The normalized spacial score (nSPS) is 25.0. The molecule has 0 saturated heterocycles. The monoisotopic (exact) mass is 435 g/mol. The molecule has 0 saturated carbocycles. The Labute approximate surface area is 167 Å². The number of benzene rings is 2. The number of hydrogen-bond donors (Lipinski definition) is 1. The van der Waals surface area contributed by atoms with Crippen molar-refractivity contribution in [1.82, 2.24) is 0 Å². The van der Waals surface area contributed by atoms with Crippen molar-refractivity contribution >= 4 is 47.0 Å². The van der Waals surface area contributed by atoms with Gasteiger partial charge in [-0.2, -0.15) is 13.2 Å². The van der Waals surface area contributed by atoms with Gasteiger partial charge in [0.15, 0.2) is 0 Å². The third kappa shape index (κ3) is 3.20. The minimum absolute atomic E-state index is 0.110. The van der Waals surface area contributed by atoms with Gasteiger partial charge in [-0.05, 0) is 23.3 Å². The Bertz CT molecular complexity index is 895. The minimum atomic E-state index is -4.97. The first-order chi connectivity index (χ1) is 12.6. The molecule has 27 heavy (non-hydrogen) atoms. The fourth-order valence-corrected chi connectivity index (χ4v) is 3.93. The zero-order valence-corrected chi connectivity index (χ0v) is 15.6. The van der Waals surface area contributed by atoms with Gasteiger partial charge < -0.3 is 5.11 Å². The summed E-state index contributed by atoms with van der Waals surface area (Å²) in [5.41, 5.74) is -2.97. The summed E-state index contributed by atoms with van der Waals surface area (Å²) in [6, 6.07) is 8.70. The molecule has 3 atom stereocenters.